The highest BCUT2D eigenvalue weighted by molar-refractivity contribution is 9.10. The van der Waals surface area contributed by atoms with Crippen molar-refractivity contribution in [1.82, 2.24) is 14.8 Å². The number of carbonyl (C=O) groups is 1. The summed E-state index contributed by atoms with van der Waals surface area (Å²) in [5.74, 6) is 1.59. The van der Waals surface area contributed by atoms with Crippen LogP contribution in [0, 0.1) is 0 Å². The van der Waals surface area contributed by atoms with Crippen LogP contribution in [0.2, 0.25) is 0 Å². The van der Waals surface area contributed by atoms with Gasteiger partial charge in [0.2, 0.25) is 5.95 Å². The third kappa shape index (κ3) is 3.52. The summed E-state index contributed by atoms with van der Waals surface area (Å²) in [7, 11) is 3.17. The van der Waals surface area contributed by atoms with E-state index in [2.05, 4.69) is 36.6 Å². The second-order valence-corrected chi connectivity index (χ2v) is 7.50. The molecule has 0 radical (unpaired) electrons. The van der Waals surface area contributed by atoms with Crippen molar-refractivity contribution in [3.63, 3.8) is 0 Å². The van der Waals surface area contributed by atoms with Gasteiger partial charge in [0.15, 0.2) is 0 Å². The standard InChI is InChI=1S/C21H20BrN5O3/c1-12-18(20(28)26-15-6-4-5-7-17(15)30-3)19(27-21(25-12)23-11-24-27)13-8-9-16(29-2)14(22)10-13/h4-11,19H,1-3H3,(H,26,28)(H,23,24,25)/t19-/m0/s1. The number of nitrogens with zero attached hydrogens (tertiary/aromatic N) is 3. The zero-order valence-corrected chi connectivity index (χ0v) is 18.2. The Morgan fingerprint density at radius 1 is 1.17 bits per heavy atom. The molecule has 2 heterocycles. The van der Waals surface area contributed by atoms with Gasteiger partial charge in [0.05, 0.1) is 30.0 Å². The van der Waals surface area contributed by atoms with Crippen LogP contribution in [0.1, 0.15) is 18.5 Å². The normalized spacial score (nSPS) is 15.3. The van der Waals surface area contributed by atoms with E-state index in [1.54, 1.807) is 31.0 Å². The third-order valence-corrected chi connectivity index (χ3v) is 5.51. The average molecular weight is 470 g/mol. The summed E-state index contributed by atoms with van der Waals surface area (Å²) in [5.41, 5.74) is 2.67. The zero-order valence-electron chi connectivity index (χ0n) is 16.6. The molecule has 0 spiro atoms. The quantitative estimate of drug-likeness (QED) is 0.587. The fourth-order valence-corrected chi connectivity index (χ4v) is 4.04. The summed E-state index contributed by atoms with van der Waals surface area (Å²) in [6.07, 6.45) is 1.46. The van der Waals surface area contributed by atoms with Gasteiger partial charge in [-0.3, -0.25) is 4.79 Å². The maximum atomic E-state index is 13.4. The number of rotatable bonds is 5. The van der Waals surface area contributed by atoms with Crippen LogP contribution < -0.4 is 20.1 Å². The highest BCUT2D eigenvalue weighted by atomic mass is 79.9. The summed E-state index contributed by atoms with van der Waals surface area (Å²) in [6, 6.07) is 12.5. The number of anilines is 2. The molecule has 1 atom stereocenters. The number of allylic oxidation sites excluding steroid dienone is 1. The number of hydrogen-bond acceptors (Lipinski definition) is 6. The molecule has 4 rings (SSSR count). The lowest BCUT2D eigenvalue weighted by atomic mass is 9.95. The van der Waals surface area contributed by atoms with Crippen molar-refractivity contribution in [2.24, 2.45) is 0 Å². The van der Waals surface area contributed by atoms with Crippen molar-refractivity contribution in [3.05, 3.63) is 70.1 Å². The van der Waals surface area contributed by atoms with Gasteiger partial charge in [-0.15, -0.1) is 0 Å². The number of amides is 1. The first-order valence-electron chi connectivity index (χ1n) is 9.18. The van der Waals surface area contributed by atoms with Crippen molar-refractivity contribution in [1.29, 1.82) is 0 Å². The fourth-order valence-electron chi connectivity index (χ4n) is 3.48. The van der Waals surface area contributed by atoms with Gasteiger partial charge in [0, 0.05) is 5.70 Å². The number of ether oxygens (including phenoxy) is 2. The largest absolute Gasteiger partial charge is 0.496 e. The van der Waals surface area contributed by atoms with E-state index in [1.165, 1.54) is 6.33 Å². The van der Waals surface area contributed by atoms with Crippen LogP contribution in [0.15, 0.2) is 64.5 Å². The van der Waals surface area contributed by atoms with Crippen LogP contribution in [-0.4, -0.2) is 34.9 Å². The first kappa shape index (κ1) is 20.0. The molecule has 2 aromatic carbocycles. The Morgan fingerprint density at radius 3 is 2.67 bits per heavy atom. The molecule has 2 N–H and O–H groups in total. The predicted molar refractivity (Wildman–Crippen MR) is 117 cm³/mol. The topological polar surface area (TPSA) is 90.3 Å². The number of halogens is 1. The van der Waals surface area contributed by atoms with Gasteiger partial charge in [0.1, 0.15) is 23.9 Å². The van der Waals surface area contributed by atoms with Gasteiger partial charge in [-0.05, 0) is 52.7 Å². The minimum Gasteiger partial charge on any atom is -0.496 e. The number of methoxy groups -OCH3 is 2. The number of benzene rings is 2. The second-order valence-electron chi connectivity index (χ2n) is 6.64. The number of carbonyl (C=O) groups excluding carboxylic acids is 1. The number of aromatic nitrogens is 3. The molecule has 1 amide bonds. The van der Waals surface area contributed by atoms with E-state index in [1.807, 2.05) is 37.3 Å². The van der Waals surface area contributed by atoms with E-state index in [0.29, 0.717) is 34.4 Å². The molecule has 0 saturated heterocycles. The van der Waals surface area contributed by atoms with Gasteiger partial charge in [0.25, 0.3) is 5.91 Å². The Labute approximate surface area is 182 Å². The molecule has 1 aliphatic heterocycles. The molecule has 1 aliphatic rings. The van der Waals surface area contributed by atoms with Crippen molar-refractivity contribution < 1.29 is 14.3 Å². The minimum atomic E-state index is -0.472. The van der Waals surface area contributed by atoms with Crippen molar-refractivity contribution in [3.8, 4) is 11.5 Å². The lowest BCUT2D eigenvalue weighted by Gasteiger charge is -2.29. The van der Waals surface area contributed by atoms with Crippen molar-refractivity contribution in [2.75, 3.05) is 24.9 Å². The molecule has 30 heavy (non-hydrogen) atoms. The number of nitrogens with one attached hydrogen (secondary N) is 2. The summed E-state index contributed by atoms with van der Waals surface area (Å²) >= 11 is 3.53. The first-order valence-corrected chi connectivity index (χ1v) is 9.98. The summed E-state index contributed by atoms with van der Waals surface area (Å²) in [6.45, 7) is 1.85. The van der Waals surface area contributed by atoms with E-state index in [-0.39, 0.29) is 5.91 Å². The Hall–Kier alpha value is -3.33. The molecular weight excluding hydrogens is 450 g/mol. The molecule has 0 bridgehead atoms. The number of hydrogen-bond donors (Lipinski definition) is 2. The van der Waals surface area contributed by atoms with Crippen LogP contribution in [0.5, 0.6) is 11.5 Å². The van der Waals surface area contributed by atoms with Gasteiger partial charge in [-0.2, -0.15) is 10.1 Å². The number of para-hydroxylation sites is 2. The van der Waals surface area contributed by atoms with Crippen LogP contribution >= 0.6 is 15.9 Å². The third-order valence-electron chi connectivity index (χ3n) is 4.89. The highest BCUT2D eigenvalue weighted by Gasteiger charge is 2.34. The SMILES string of the molecule is COc1ccc([C@H]2C(C(=O)Nc3ccccc3OC)=C(C)Nc3ncnn32)cc1Br. The molecule has 8 nitrogen and oxygen atoms in total. The van der Waals surface area contributed by atoms with E-state index in [4.69, 9.17) is 9.47 Å². The Kier molecular flexibility index (Phi) is 5.45. The van der Waals surface area contributed by atoms with Crippen LogP contribution in [0.3, 0.4) is 0 Å². The monoisotopic (exact) mass is 469 g/mol. The first-order chi connectivity index (χ1) is 14.5. The molecule has 154 valence electrons. The summed E-state index contributed by atoms with van der Waals surface area (Å²) in [4.78, 5) is 17.7. The summed E-state index contributed by atoms with van der Waals surface area (Å²) < 4.78 is 13.2. The summed E-state index contributed by atoms with van der Waals surface area (Å²) in [5, 5.41) is 10.5. The van der Waals surface area contributed by atoms with Gasteiger partial charge < -0.3 is 20.1 Å². The van der Waals surface area contributed by atoms with Crippen LogP contribution in [0.25, 0.3) is 0 Å². The van der Waals surface area contributed by atoms with Gasteiger partial charge in [-0.25, -0.2) is 4.68 Å². The van der Waals surface area contributed by atoms with E-state index < -0.39 is 6.04 Å². The lowest BCUT2D eigenvalue weighted by Crippen LogP contribution is -2.31. The molecule has 0 unspecified atom stereocenters. The Bertz CT molecular complexity index is 1140. The number of fused-ring (bicyclic) bond motifs is 1. The second kappa shape index (κ2) is 8.19. The van der Waals surface area contributed by atoms with Gasteiger partial charge in [-0.1, -0.05) is 18.2 Å². The molecule has 9 heteroatoms. The smallest absolute Gasteiger partial charge is 0.255 e. The molecule has 0 saturated carbocycles. The van der Waals surface area contributed by atoms with Crippen molar-refractivity contribution >= 4 is 33.5 Å². The maximum absolute atomic E-state index is 13.4. The van der Waals surface area contributed by atoms with E-state index in [0.717, 1.165) is 10.0 Å². The fraction of sp³-hybridized carbons (Fsp3) is 0.190. The van der Waals surface area contributed by atoms with Crippen LogP contribution in [-0.2, 0) is 4.79 Å². The molecular formula is C21H20BrN5O3. The maximum Gasteiger partial charge on any atom is 0.255 e. The van der Waals surface area contributed by atoms with Crippen LogP contribution in [0.4, 0.5) is 11.6 Å². The predicted octanol–water partition coefficient (Wildman–Crippen LogP) is 3.99. The molecule has 3 aromatic rings. The van der Waals surface area contributed by atoms with E-state index >= 15 is 0 Å². The minimum absolute atomic E-state index is 0.261. The van der Waals surface area contributed by atoms with E-state index in [9.17, 15) is 4.79 Å². The average Bonchev–Trinajstić information content (AvgIpc) is 3.21. The zero-order chi connectivity index (χ0) is 21.3. The molecule has 0 aliphatic carbocycles. The molecule has 0 fully saturated rings. The Balaban J connectivity index is 1.78. The van der Waals surface area contributed by atoms with Gasteiger partial charge >= 0.3 is 0 Å². The van der Waals surface area contributed by atoms with Crippen molar-refractivity contribution in [2.45, 2.75) is 13.0 Å². The highest BCUT2D eigenvalue weighted by Crippen LogP contribution is 2.38. The Morgan fingerprint density at radius 2 is 1.93 bits per heavy atom. The molecule has 1 aromatic heterocycles. The lowest BCUT2D eigenvalue weighted by molar-refractivity contribution is -0.113.